The van der Waals surface area contributed by atoms with Gasteiger partial charge in [0.15, 0.2) is 5.52 Å². The molecule has 0 radical (unpaired) electrons. The van der Waals surface area contributed by atoms with E-state index in [-0.39, 0.29) is 5.39 Å². The molecular weight excluding hydrogens is 399 g/mol. The lowest BCUT2D eigenvalue weighted by molar-refractivity contribution is -0.646. The third-order valence-electron chi connectivity index (χ3n) is 6.65. The predicted molar refractivity (Wildman–Crippen MR) is 117 cm³/mol. The van der Waals surface area contributed by atoms with Crippen molar-refractivity contribution >= 4 is 49.1 Å². The highest BCUT2D eigenvalue weighted by Crippen LogP contribution is 2.46. The van der Waals surface area contributed by atoms with E-state index >= 15 is 0 Å². The summed E-state index contributed by atoms with van der Waals surface area (Å²) in [6.07, 6.45) is -2.87. The number of hydrogen-bond donors (Lipinski definition) is 0. The van der Waals surface area contributed by atoms with E-state index < -0.39 is 11.7 Å². The Balaban J connectivity index is 2.15. The minimum absolute atomic E-state index is 0.244. The number of hydrogen-bond acceptors (Lipinski definition) is 1. The molecular formula is C25H19F3N3+. The third kappa shape index (κ3) is 2.14. The second-order valence-electron chi connectivity index (χ2n) is 8.46. The Hall–Kier alpha value is -3.41. The smallest absolute Gasteiger partial charge is 0.307 e. The molecule has 0 aliphatic rings. The normalized spacial score (nSPS) is 13.0. The van der Waals surface area contributed by atoms with Gasteiger partial charge in [0.25, 0.3) is 6.33 Å². The molecule has 0 unspecified atom stereocenters. The predicted octanol–water partition coefficient (Wildman–Crippen LogP) is 6.15. The topological polar surface area (TPSA) is 21.2 Å². The fraction of sp³-hybridized carbons (Fsp3) is 0.200. The first kappa shape index (κ1) is 18.4. The zero-order chi connectivity index (χ0) is 21.8. The van der Waals surface area contributed by atoms with Gasteiger partial charge >= 0.3 is 6.18 Å². The van der Waals surface area contributed by atoms with E-state index in [9.17, 15) is 13.2 Å². The van der Waals surface area contributed by atoms with Gasteiger partial charge in [-0.15, -0.1) is 0 Å². The van der Waals surface area contributed by atoms with E-state index in [1.165, 1.54) is 6.07 Å². The van der Waals surface area contributed by atoms with Crippen LogP contribution in [-0.4, -0.2) is 9.38 Å². The minimum atomic E-state index is -4.48. The van der Waals surface area contributed by atoms with Gasteiger partial charge in [0.1, 0.15) is 5.52 Å². The van der Waals surface area contributed by atoms with E-state index in [0.717, 1.165) is 44.0 Å². The molecule has 0 amide bonds. The van der Waals surface area contributed by atoms with Crippen LogP contribution in [0.15, 0.2) is 42.7 Å². The van der Waals surface area contributed by atoms with E-state index in [0.29, 0.717) is 16.4 Å². The summed E-state index contributed by atoms with van der Waals surface area (Å²) in [5, 5.41) is 2.68. The molecule has 0 atom stereocenters. The number of alkyl halides is 3. The molecule has 0 aliphatic heterocycles. The first-order chi connectivity index (χ1) is 14.7. The maximum Gasteiger partial charge on any atom is 0.417 e. The molecule has 3 heterocycles. The van der Waals surface area contributed by atoms with Crippen LogP contribution < -0.4 is 4.57 Å². The number of nitrogens with zero attached hydrogens (tertiary/aromatic N) is 3. The Morgan fingerprint density at radius 3 is 2.39 bits per heavy atom. The lowest BCUT2D eigenvalue weighted by Crippen LogP contribution is -2.30. The van der Waals surface area contributed by atoms with Crippen LogP contribution in [0.5, 0.6) is 0 Å². The van der Waals surface area contributed by atoms with Crippen molar-refractivity contribution in [2.45, 2.75) is 26.9 Å². The van der Waals surface area contributed by atoms with Gasteiger partial charge in [-0.3, -0.25) is 0 Å². The van der Waals surface area contributed by atoms with Crippen molar-refractivity contribution in [3.8, 4) is 0 Å². The number of rotatable bonds is 0. The Bertz CT molecular complexity index is 1710. The van der Waals surface area contributed by atoms with E-state index in [1.807, 2.05) is 35.1 Å². The molecule has 0 bridgehead atoms. The highest BCUT2D eigenvalue weighted by molar-refractivity contribution is 6.28. The van der Waals surface area contributed by atoms with Gasteiger partial charge in [0.05, 0.1) is 34.5 Å². The Morgan fingerprint density at radius 2 is 1.65 bits per heavy atom. The molecule has 0 aliphatic carbocycles. The van der Waals surface area contributed by atoms with Gasteiger partial charge in [-0.1, -0.05) is 24.3 Å². The van der Waals surface area contributed by atoms with Gasteiger partial charge in [0.2, 0.25) is 0 Å². The lowest BCUT2D eigenvalue weighted by atomic mass is 9.95. The summed E-state index contributed by atoms with van der Waals surface area (Å²) in [7, 11) is 1.91. The summed E-state index contributed by atoms with van der Waals surface area (Å²) in [6.45, 7) is 6.19. The van der Waals surface area contributed by atoms with Crippen molar-refractivity contribution in [3.05, 3.63) is 65.0 Å². The van der Waals surface area contributed by atoms with Gasteiger partial charge < -0.3 is 4.40 Å². The monoisotopic (exact) mass is 418 g/mol. The number of aromatic nitrogens is 3. The lowest BCUT2D eigenvalue weighted by Gasteiger charge is -2.17. The Morgan fingerprint density at radius 1 is 0.903 bits per heavy atom. The molecule has 0 fully saturated rings. The number of pyridine rings is 1. The fourth-order valence-corrected chi connectivity index (χ4v) is 5.28. The molecule has 3 nitrogen and oxygen atoms in total. The van der Waals surface area contributed by atoms with Crippen LogP contribution in [0.25, 0.3) is 49.1 Å². The molecule has 0 saturated heterocycles. The summed E-state index contributed by atoms with van der Waals surface area (Å²) in [5.41, 5.74) is 6.27. The number of fused-ring (bicyclic) bond motifs is 6. The zero-order valence-electron chi connectivity index (χ0n) is 17.5. The molecule has 154 valence electrons. The summed E-state index contributed by atoms with van der Waals surface area (Å²) in [6, 6.07) is 10.7. The second kappa shape index (κ2) is 5.63. The molecule has 3 aromatic heterocycles. The van der Waals surface area contributed by atoms with Crippen LogP contribution in [0.1, 0.15) is 22.3 Å². The van der Waals surface area contributed by atoms with E-state index in [2.05, 4.69) is 24.9 Å². The second-order valence-corrected chi connectivity index (χ2v) is 8.46. The molecule has 6 rings (SSSR count). The number of halogens is 3. The number of para-hydroxylation sites is 1. The maximum absolute atomic E-state index is 14.2. The van der Waals surface area contributed by atoms with Crippen molar-refractivity contribution in [2.75, 3.05) is 0 Å². The van der Waals surface area contributed by atoms with E-state index in [4.69, 9.17) is 0 Å². The van der Waals surface area contributed by atoms with Crippen LogP contribution in [0.3, 0.4) is 0 Å². The highest BCUT2D eigenvalue weighted by Gasteiger charge is 2.37. The molecule has 6 heteroatoms. The molecule has 6 aromatic rings. The average Bonchev–Trinajstić information content (AvgIpc) is 3.06. The van der Waals surface area contributed by atoms with Crippen LogP contribution in [0.4, 0.5) is 13.2 Å². The standard InChI is InChI=1S/C25H19F3N3/c1-12-9-13(2)22-19(14(12)3)23-21-17(29-11-30(23)4)10-16(25(26,27)28)20-15-7-5-6-8-18(15)31(22)24(20)21/h5-11H,1-4H3/q+1. The average molecular weight is 418 g/mol. The van der Waals surface area contributed by atoms with Crippen LogP contribution >= 0.6 is 0 Å². The summed E-state index contributed by atoms with van der Waals surface area (Å²) >= 11 is 0. The van der Waals surface area contributed by atoms with Crippen LogP contribution in [-0.2, 0) is 13.2 Å². The van der Waals surface area contributed by atoms with Crippen molar-refractivity contribution < 1.29 is 17.7 Å². The van der Waals surface area contributed by atoms with Gasteiger partial charge in [-0.2, -0.15) is 13.2 Å². The zero-order valence-corrected chi connectivity index (χ0v) is 17.5. The summed E-state index contributed by atoms with van der Waals surface area (Å²) in [4.78, 5) is 4.41. The van der Waals surface area contributed by atoms with Crippen LogP contribution in [0, 0.1) is 20.8 Å². The number of aryl methyl sites for hydroxylation is 4. The molecule has 31 heavy (non-hydrogen) atoms. The van der Waals surface area contributed by atoms with Crippen molar-refractivity contribution in [1.82, 2.24) is 9.38 Å². The highest BCUT2D eigenvalue weighted by atomic mass is 19.4. The quantitative estimate of drug-likeness (QED) is 0.165. The van der Waals surface area contributed by atoms with Gasteiger partial charge in [-0.05, 0) is 48.5 Å². The molecule has 3 aromatic carbocycles. The van der Waals surface area contributed by atoms with Crippen LogP contribution in [0.2, 0.25) is 0 Å². The van der Waals surface area contributed by atoms with Crippen molar-refractivity contribution in [2.24, 2.45) is 7.05 Å². The Labute approximate surface area is 175 Å². The first-order valence-electron chi connectivity index (χ1n) is 10.1. The third-order valence-corrected chi connectivity index (χ3v) is 6.65. The van der Waals surface area contributed by atoms with Gasteiger partial charge in [0, 0.05) is 22.2 Å². The van der Waals surface area contributed by atoms with Crippen molar-refractivity contribution in [1.29, 1.82) is 0 Å². The van der Waals surface area contributed by atoms with E-state index in [1.54, 1.807) is 18.5 Å². The summed E-state index contributed by atoms with van der Waals surface area (Å²) in [5.74, 6) is 0. The van der Waals surface area contributed by atoms with Crippen molar-refractivity contribution in [3.63, 3.8) is 0 Å². The molecule has 0 spiro atoms. The largest absolute Gasteiger partial charge is 0.417 e. The summed E-state index contributed by atoms with van der Waals surface area (Å²) < 4.78 is 46.6. The minimum Gasteiger partial charge on any atom is -0.307 e. The molecule has 0 saturated carbocycles. The maximum atomic E-state index is 14.2. The Kier molecular flexibility index (Phi) is 3.34. The number of benzene rings is 3. The fourth-order valence-electron chi connectivity index (χ4n) is 5.28. The van der Waals surface area contributed by atoms with Gasteiger partial charge in [-0.25, -0.2) is 4.57 Å². The molecule has 0 N–H and O–H groups in total. The SMILES string of the molecule is Cc1cc(C)c2c(c1C)c1c3c(cc(C(F)(F)F)c4c5ccccc5n2c43)nc[n+]1C. The first-order valence-corrected chi connectivity index (χ1v) is 10.1.